The van der Waals surface area contributed by atoms with E-state index in [1.807, 2.05) is 26.0 Å². The first-order valence-corrected chi connectivity index (χ1v) is 6.95. The summed E-state index contributed by atoms with van der Waals surface area (Å²) >= 11 is 0. The van der Waals surface area contributed by atoms with Crippen LogP contribution in [0.2, 0.25) is 0 Å². The normalized spacial score (nSPS) is 26.5. The molecular weight excluding hydrogens is 244 g/mol. The molecule has 108 valence electrons. The first-order chi connectivity index (χ1) is 8.89. The van der Waals surface area contributed by atoms with E-state index >= 15 is 0 Å². The molecule has 0 radical (unpaired) electrons. The molecule has 0 N–H and O–H groups in total. The maximum Gasteiger partial charge on any atom is 0.306 e. The van der Waals surface area contributed by atoms with Crippen LogP contribution in [0.5, 0.6) is 0 Å². The Labute approximate surface area is 115 Å². The second-order valence-corrected chi connectivity index (χ2v) is 5.61. The van der Waals surface area contributed by atoms with Crippen LogP contribution in [0.15, 0.2) is 12.2 Å². The highest BCUT2D eigenvalue weighted by Gasteiger charge is 2.22. The van der Waals surface area contributed by atoms with E-state index in [0.29, 0.717) is 12.8 Å². The quantitative estimate of drug-likeness (QED) is 0.541. The third-order valence-corrected chi connectivity index (χ3v) is 3.04. The summed E-state index contributed by atoms with van der Waals surface area (Å²) in [5, 5.41) is 0. The molecular formula is C15H24O4. The number of carbonyl (C=O) groups excluding carboxylic acids is 2. The molecule has 1 aliphatic heterocycles. The summed E-state index contributed by atoms with van der Waals surface area (Å²) in [6.45, 7) is 5.21. The molecule has 0 aromatic carbocycles. The van der Waals surface area contributed by atoms with Gasteiger partial charge in [0.2, 0.25) is 0 Å². The second-order valence-electron chi connectivity index (χ2n) is 5.61. The minimum Gasteiger partial charge on any atom is -0.459 e. The SMILES string of the molecule is CC(=O)OC1/C=C\CC(C)(C)OC(=O)CCCCC1. The highest BCUT2D eigenvalue weighted by atomic mass is 16.6. The van der Waals surface area contributed by atoms with Crippen molar-refractivity contribution in [3.63, 3.8) is 0 Å². The van der Waals surface area contributed by atoms with Crippen LogP contribution in [-0.4, -0.2) is 23.6 Å². The Morgan fingerprint density at radius 2 is 2.11 bits per heavy atom. The molecule has 1 aliphatic rings. The van der Waals surface area contributed by atoms with Gasteiger partial charge in [0.1, 0.15) is 11.7 Å². The smallest absolute Gasteiger partial charge is 0.306 e. The summed E-state index contributed by atoms with van der Waals surface area (Å²) in [6.07, 6.45) is 8.28. The zero-order valence-corrected chi connectivity index (χ0v) is 12.1. The van der Waals surface area contributed by atoms with E-state index in [9.17, 15) is 9.59 Å². The molecule has 0 aromatic rings. The Bertz CT molecular complexity index is 344. The van der Waals surface area contributed by atoms with Gasteiger partial charge in [-0.1, -0.05) is 12.5 Å². The van der Waals surface area contributed by atoms with Crippen molar-refractivity contribution in [3.8, 4) is 0 Å². The molecule has 19 heavy (non-hydrogen) atoms. The van der Waals surface area contributed by atoms with Crippen molar-refractivity contribution in [1.82, 2.24) is 0 Å². The summed E-state index contributed by atoms with van der Waals surface area (Å²) in [4.78, 5) is 22.6. The maximum atomic E-state index is 11.6. The van der Waals surface area contributed by atoms with Gasteiger partial charge in [-0.05, 0) is 39.2 Å². The highest BCUT2D eigenvalue weighted by Crippen LogP contribution is 2.19. The maximum absolute atomic E-state index is 11.6. The minimum absolute atomic E-state index is 0.129. The number of hydrogen-bond acceptors (Lipinski definition) is 4. The summed E-state index contributed by atoms with van der Waals surface area (Å²) in [5.41, 5.74) is -0.506. The zero-order chi connectivity index (χ0) is 14.3. The van der Waals surface area contributed by atoms with E-state index in [0.717, 1.165) is 25.7 Å². The van der Waals surface area contributed by atoms with E-state index in [1.165, 1.54) is 6.92 Å². The summed E-state index contributed by atoms with van der Waals surface area (Å²) in [6, 6.07) is 0. The molecule has 1 unspecified atom stereocenters. The summed E-state index contributed by atoms with van der Waals surface area (Å²) < 4.78 is 10.7. The molecule has 4 heteroatoms. The largest absolute Gasteiger partial charge is 0.459 e. The lowest BCUT2D eigenvalue weighted by Gasteiger charge is -2.24. The van der Waals surface area contributed by atoms with Gasteiger partial charge in [0.25, 0.3) is 0 Å². The fraction of sp³-hybridized carbons (Fsp3) is 0.733. The Morgan fingerprint density at radius 3 is 2.79 bits per heavy atom. The van der Waals surface area contributed by atoms with Crippen molar-refractivity contribution in [3.05, 3.63) is 12.2 Å². The summed E-state index contributed by atoms with van der Waals surface area (Å²) in [5.74, 6) is -0.386. The topological polar surface area (TPSA) is 52.6 Å². The molecule has 0 saturated heterocycles. The molecule has 1 rings (SSSR count). The molecule has 1 heterocycles. The first-order valence-electron chi connectivity index (χ1n) is 6.95. The molecule has 0 spiro atoms. The molecule has 0 bridgehead atoms. The van der Waals surface area contributed by atoms with Crippen LogP contribution in [0.4, 0.5) is 0 Å². The monoisotopic (exact) mass is 268 g/mol. The van der Waals surface area contributed by atoms with E-state index < -0.39 is 5.60 Å². The van der Waals surface area contributed by atoms with Crippen molar-refractivity contribution in [2.24, 2.45) is 0 Å². The van der Waals surface area contributed by atoms with Gasteiger partial charge in [0.15, 0.2) is 0 Å². The average Bonchev–Trinajstić information content (AvgIpc) is 2.24. The van der Waals surface area contributed by atoms with Gasteiger partial charge in [-0.15, -0.1) is 0 Å². The van der Waals surface area contributed by atoms with Gasteiger partial charge in [0, 0.05) is 19.8 Å². The standard InChI is InChI=1S/C15H24O4/c1-12(16)18-13-8-5-4-6-10-14(17)19-15(2,3)11-7-9-13/h7,9,13H,4-6,8,10-11H2,1-3H3/b9-7-. The van der Waals surface area contributed by atoms with Crippen molar-refractivity contribution in [2.75, 3.05) is 0 Å². The zero-order valence-electron chi connectivity index (χ0n) is 12.1. The van der Waals surface area contributed by atoms with E-state index in [4.69, 9.17) is 9.47 Å². The number of cyclic esters (lactones) is 1. The van der Waals surface area contributed by atoms with Gasteiger partial charge < -0.3 is 9.47 Å². The van der Waals surface area contributed by atoms with Crippen molar-refractivity contribution in [2.45, 2.75) is 71.0 Å². The van der Waals surface area contributed by atoms with Crippen molar-refractivity contribution in [1.29, 1.82) is 0 Å². The molecule has 0 aliphatic carbocycles. The third-order valence-electron chi connectivity index (χ3n) is 3.04. The van der Waals surface area contributed by atoms with Crippen LogP contribution >= 0.6 is 0 Å². The Morgan fingerprint density at radius 1 is 1.37 bits per heavy atom. The van der Waals surface area contributed by atoms with Gasteiger partial charge in [-0.25, -0.2) is 0 Å². The van der Waals surface area contributed by atoms with Crippen molar-refractivity contribution >= 4 is 11.9 Å². The minimum atomic E-state index is -0.506. The van der Waals surface area contributed by atoms with Crippen LogP contribution in [0.1, 0.15) is 59.3 Å². The fourth-order valence-corrected chi connectivity index (χ4v) is 2.10. The fourth-order valence-electron chi connectivity index (χ4n) is 2.10. The van der Waals surface area contributed by atoms with Gasteiger partial charge in [-0.3, -0.25) is 9.59 Å². The molecule has 0 amide bonds. The Hall–Kier alpha value is -1.32. The van der Waals surface area contributed by atoms with E-state index in [2.05, 4.69) is 0 Å². The highest BCUT2D eigenvalue weighted by molar-refractivity contribution is 5.69. The third kappa shape index (κ3) is 6.99. The number of hydrogen-bond donors (Lipinski definition) is 0. The van der Waals surface area contributed by atoms with Gasteiger partial charge in [0.05, 0.1) is 0 Å². The van der Waals surface area contributed by atoms with E-state index in [1.54, 1.807) is 0 Å². The Kier molecular flexibility index (Phi) is 6.06. The lowest BCUT2D eigenvalue weighted by Crippen LogP contribution is -2.27. The Balaban J connectivity index is 2.67. The summed E-state index contributed by atoms with van der Waals surface area (Å²) in [7, 11) is 0. The van der Waals surface area contributed by atoms with Crippen LogP contribution in [0.25, 0.3) is 0 Å². The van der Waals surface area contributed by atoms with E-state index in [-0.39, 0.29) is 18.0 Å². The molecule has 1 atom stereocenters. The molecule has 4 nitrogen and oxygen atoms in total. The van der Waals surface area contributed by atoms with Gasteiger partial charge in [-0.2, -0.15) is 0 Å². The number of ether oxygens (including phenoxy) is 2. The predicted octanol–water partition coefficient (Wildman–Crippen LogP) is 3.15. The lowest BCUT2D eigenvalue weighted by molar-refractivity contribution is -0.156. The lowest BCUT2D eigenvalue weighted by atomic mass is 10.0. The molecule has 0 fully saturated rings. The molecule has 0 saturated carbocycles. The molecule has 0 aromatic heterocycles. The van der Waals surface area contributed by atoms with Crippen LogP contribution < -0.4 is 0 Å². The number of carbonyl (C=O) groups is 2. The number of esters is 2. The van der Waals surface area contributed by atoms with Crippen molar-refractivity contribution < 1.29 is 19.1 Å². The van der Waals surface area contributed by atoms with Crippen LogP contribution in [0.3, 0.4) is 0 Å². The first kappa shape index (κ1) is 15.7. The predicted molar refractivity (Wildman–Crippen MR) is 72.6 cm³/mol. The second kappa shape index (κ2) is 7.31. The van der Waals surface area contributed by atoms with Crippen LogP contribution in [-0.2, 0) is 19.1 Å². The van der Waals surface area contributed by atoms with Gasteiger partial charge >= 0.3 is 11.9 Å². The van der Waals surface area contributed by atoms with Crippen LogP contribution in [0, 0.1) is 0 Å². The number of rotatable bonds is 1. The average molecular weight is 268 g/mol.